The van der Waals surface area contributed by atoms with Gasteiger partial charge in [-0.25, -0.2) is 0 Å². The molecule has 1 radical (unpaired) electrons. The van der Waals surface area contributed by atoms with Crippen molar-refractivity contribution in [2.24, 2.45) is 0 Å². The van der Waals surface area contributed by atoms with Crippen LogP contribution in [0, 0.1) is 6.17 Å². The van der Waals surface area contributed by atoms with Crippen molar-refractivity contribution in [3.05, 3.63) is 42.1 Å². The van der Waals surface area contributed by atoms with Crippen molar-refractivity contribution in [2.75, 3.05) is 32.7 Å². The third-order valence-electron chi connectivity index (χ3n) is 3.09. The number of likely N-dealkylation sites (N-methyl/N-ethyl adjacent to an activating group) is 1. The van der Waals surface area contributed by atoms with E-state index in [0.29, 0.717) is 0 Å². The van der Waals surface area contributed by atoms with Gasteiger partial charge < -0.3 is 5.32 Å². The molecule has 1 aliphatic rings. The second-order valence-electron chi connectivity index (χ2n) is 4.38. The summed E-state index contributed by atoms with van der Waals surface area (Å²) in [6.45, 7) is 7.54. The quantitative estimate of drug-likeness (QED) is 0.799. The molecule has 3 nitrogen and oxygen atoms in total. The highest BCUT2D eigenvalue weighted by Gasteiger charge is 2.20. The third-order valence-corrected chi connectivity index (χ3v) is 3.09. The summed E-state index contributed by atoms with van der Waals surface area (Å²) < 4.78 is 0. The molecule has 0 unspecified atom stereocenters. The summed E-state index contributed by atoms with van der Waals surface area (Å²) in [6.07, 6.45) is 2.37. The predicted molar refractivity (Wildman–Crippen MR) is 71.5 cm³/mol. The van der Waals surface area contributed by atoms with Gasteiger partial charge in [-0.1, -0.05) is 37.3 Å². The fourth-order valence-electron chi connectivity index (χ4n) is 2.21. The van der Waals surface area contributed by atoms with Gasteiger partial charge in [0.25, 0.3) is 0 Å². The molecule has 0 bridgehead atoms. The summed E-state index contributed by atoms with van der Waals surface area (Å²) in [5.74, 6) is 0. The highest BCUT2D eigenvalue weighted by Crippen LogP contribution is 2.13. The van der Waals surface area contributed by atoms with Crippen molar-refractivity contribution in [3.8, 4) is 0 Å². The van der Waals surface area contributed by atoms with Crippen molar-refractivity contribution < 1.29 is 0 Å². The van der Waals surface area contributed by atoms with E-state index in [1.54, 1.807) is 0 Å². The molecule has 93 valence electrons. The summed E-state index contributed by atoms with van der Waals surface area (Å²) in [5.41, 5.74) is 1.38. The number of rotatable bonds is 5. The van der Waals surface area contributed by atoms with Gasteiger partial charge in [-0.15, -0.1) is 0 Å². The summed E-state index contributed by atoms with van der Waals surface area (Å²) in [6, 6.07) is 10.7. The maximum atomic E-state index is 3.52. The van der Waals surface area contributed by atoms with E-state index in [4.69, 9.17) is 0 Å². The number of nitrogens with one attached hydrogen (secondary N) is 2. The number of hydrogen-bond acceptors (Lipinski definition) is 3. The topological polar surface area (TPSA) is 27.3 Å². The van der Waals surface area contributed by atoms with Crippen LogP contribution in [0.3, 0.4) is 0 Å². The van der Waals surface area contributed by atoms with E-state index in [9.17, 15) is 0 Å². The summed E-state index contributed by atoms with van der Waals surface area (Å²) in [7, 11) is 0. The zero-order valence-electron chi connectivity index (χ0n) is 10.6. The third kappa shape index (κ3) is 3.80. The maximum absolute atomic E-state index is 3.52. The van der Waals surface area contributed by atoms with Crippen LogP contribution in [0.2, 0.25) is 0 Å². The Labute approximate surface area is 104 Å². The monoisotopic (exact) mass is 232 g/mol. The van der Waals surface area contributed by atoms with Crippen molar-refractivity contribution in [1.82, 2.24) is 15.5 Å². The largest absolute Gasteiger partial charge is 0.314 e. The van der Waals surface area contributed by atoms with Crippen LogP contribution < -0.4 is 10.6 Å². The zero-order valence-corrected chi connectivity index (χ0v) is 10.6. The average Bonchev–Trinajstić information content (AvgIpc) is 2.40. The number of benzene rings is 1. The van der Waals surface area contributed by atoms with Gasteiger partial charge in [-0.05, 0) is 12.1 Å². The molecule has 1 saturated heterocycles. The van der Waals surface area contributed by atoms with E-state index in [2.05, 4.69) is 52.8 Å². The van der Waals surface area contributed by atoms with Gasteiger partial charge in [0, 0.05) is 32.6 Å². The maximum Gasteiger partial charge on any atom is 0.108 e. The smallest absolute Gasteiger partial charge is 0.108 e. The molecule has 17 heavy (non-hydrogen) atoms. The Hall–Kier alpha value is -0.900. The van der Waals surface area contributed by atoms with Crippen molar-refractivity contribution in [3.63, 3.8) is 0 Å². The SMILES string of the molecule is CCN[C](Cc1ccccc1)N1CCNCC1. The van der Waals surface area contributed by atoms with E-state index < -0.39 is 0 Å². The van der Waals surface area contributed by atoms with E-state index in [-0.39, 0.29) is 0 Å². The number of piperazine rings is 1. The second kappa shape index (κ2) is 6.74. The Morgan fingerprint density at radius 1 is 1.24 bits per heavy atom. The van der Waals surface area contributed by atoms with Gasteiger partial charge >= 0.3 is 0 Å². The molecule has 1 aliphatic heterocycles. The minimum absolute atomic E-state index is 0.992. The van der Waals surface area contributed by atoms with Crippen molar-refractivity contribution in [2.45, 2.75) is 13.3 Å². The molecule has 0 saturated carbocycles. The van der Waals surface area contributed by atoms with Gasteiger partial charge in [0.2, 0.25) is 0 Å². The number of nitrogens with zero attached hydrogens (tertiary/aromatic N) is 1. The van der Waals surface area contributed by atoms with Gasteiger partial charge in [0.15, 0.2) is 0 Å². The van der Waals surface area contributed by atoms with E-state index in [1.165, 1.54) is 11.7 Å². The fraction of sp³-hybridized carbons (Fsp3) is 0.500. The fourth-order valence-corrected chi connectivity index (χ4v) is 2.21. The molecule has 0 spiro atoms. The molecule has 0 amide bonds. The van der Waals surface area contributed by atoms with Gasteiger partial charge in [-0.2, -0.15) is 0 Å². The lowest BCUT2D eigenvalue weighted by atomic mass is 10.1. The second-order valence-corrected chi connectivity index (χ2v) is 4.38. The molecule has 1 aromatic rings. The van der Waals surface area contributed by atoms with Crippen LogP contribution in [0.1, 0.15) is 12.5 Å². The molecule has 1 heterocycles. The van der Waals surface area contributed by atoms with Crippen LogP contribution in [0.15, 0.2) is 30.3 Å². The molecular weight excluding hydrogens is 210 g/mol. The average molecular weight is 232 g/mol. The minimum Gasteiger partial charge on any atom is -0.314 e. The Balaban J connectivity index is 1.96. The molecule has 3 heteroatoms. The molecule has 0 aliphatic carbocycles. The summed E-state index contributed by atoms with van der Waals surface area (Å²) in [5, 5.41) is 6.91. The van der Waals surface area contributed by atoms with Gasteiger partial charge in [-0.3, -0.25) is 10.2 Å². The molecule has 2 N–H and O–H groups in total. The van der Waals surface area contributed by atoms with Crippen molar-refractivity contribution in [1.29, 1.82) is 0 Å². The minimum atomic E-state index is 0.992. The van der Waals surface area contributed by atoms with Gasteiger partial charge in [0.1, 0.15) is 6.17 Å². The normalized spacial score (nSPS) is 17.5. The lowest BCUT2D eigenvalue weighted by Gasteiger charge is -2.34. The standard InChI is InChI=1S/C14H22N3/c1-2-16-14(17-10-8-15-9-11-17)12-13-6-4-3-5-7-13/h3-7,15-16H,2,8-12H2,1H3. The molecule has 0 aromatic heterocycles. The van der Waals surface area contributed by atoms with Crippen LogP contribution in [0.25, 0.3) is 0 Å². The molecule has 1 fully saturated rings. The van der Waals surface area contributed by atoms with Crippen LogP contribution in [0.4, 0.5) is 0 Å². The van der Waals surface area contributed by atoms with Crippen LogP contribution in [-0.4, -0.2) is 37.6 Å². The predicted octanol–water partition coefficient (Wildman–Crippen LogP) is 1.23. The van der Waals surface area contributed by atoms with Crippen LogP contribution >= 0.6 is 0 Å². The Kier molecular flexibility index (Phi) is 4.98. The first kappa shape index (κ1) is 12.6. The van der Waals surface area contributed by atoms with E-state index in [0.717, 1.165) is 39.1 Å². The van der Waals surface area contributed by atoms with Crippen LogP contribution in [-0.2, 0) is 6.42 Å². The zero-order chi connectivity index (χ0) is 11.9. The van der Waals surface area contributed by atoms with Crippen molar-refractivity contribution >= 4 is 0 Å². The summed E-state index contributed by atoms with van der Waals surface area (Å²) in [4.78, 5) is 2.47. The molecular formula is C14H22N3. The Morgan fingerprint density at radius 3 is 2.59 bits per heavy atom. The van der Waals surface area contributed by atoms with Crippen LogP contribution in [0.5, 0.6) is 0 Å². The lowest BCUT2D eigenvalue weighted by molar-refractivity contribution is 0.222. The van der Waals surface area contributed by atoms with E-state index in [1.807, 2.05) is 0 Å². The molecule has 0 atom stereocenters. The van der Waals surface area contributed by atoms with E-state index >= 15 is 0 Å². The summed E-state index contributed by atoms with van der Waals surface area (Å²) >= 11 is 0. The highest BCUT2D eigenvalue weighted by molar-refractivity contribution is 5.18. The Bertz CT molecular complexity index is 307. The van der Waals surface area contributed by atoms with Gasteiger partial charge in [0.05, 0.1) is 0 Å². The first-order valence-corrected chi connectivity index (χ1v) is 6.49. The lowest BCUT2D eigenvalue weighted by Crippen LogP contribution is -2.49. The molecule has 2 rings (SSSR count). The molecule has 1 aromatic carbocycles. The first-order chi connectivity index (χ1) is 8.40. The number of hydrogen-bond donors (Lipinski definition) is 2. The Morgan fingerprint density at radius 2 is 1.94 bits per heavy atom. The highest BCUT2D eigenvalue weighted by atomic mass is 15.3. The first-order valence-electron chi connectivity index (χ1n) is 6.49.